The zero-order valence-corrected chi connectivity index (χ0v) is 14.8. The Bertz CT molecular complexity index is 1260. The summed E-state index contributed by atoms with van der Waals surface area (Å²) >= 11 is 0. The lowest BCUT2D eigenvalue weighted by Gasteiger charge is -2.12. The molecule has 0 atom stereocenters. The first-order valence-electron chi connectivity index (χ1n) is 8.87. The summed E-state index contributed by atoms with van der Waals surface area (Å²) in [6, 6.07) is 25.4. The minimum Gasteiger partial charge on any atom is -0.456 e. The Labute approximate surface area is 152 Å². The molecule has 0 radical (unpaired) electrons. The molecule has 0 saturated carbocycles. The predicted octanol–water partition coefficient (Wildman–Crippen LogP) is 7.10. The molecule has 0 aliphatic carbocycles. The number of rotatable bonds is 2. The van der Waals surface area contributed by atoms with Crippen molar-refractivity contribution in [2.24, 2.45) is 0 Å². The number of fused-ring (bicyclic) bond motifs is 5. The first kappa shape index (κ1) is 15.0. The third kappa shape index (κ3) is 2.34. The number of benzene rings is 4. The predicted molar refractivity (Wildman–Crippen MR) is 110 cm³/mol. The van der Waals surface area contributed by atoms with E-state index in [2.05, 4.69) is 79.8 Å². The second-order valence-electron chi connectivity index (χ2n) is 6.94. The lowest BCUT2D eigenvalue weighted by molar-refractivity contribution is 0.669. The summed E-state index contributed by atoms with van der Waals surface area (Å²) in [5.74, 6) is 0. The second kappa shape index (κ2) is 5.63. The van der Waals surface area contributed by atoms with E-state index in [0.717, 1.165) is 27.9 Å². The monoisotopic (exact) mass is 337 g/mol. The standard InChI is InChI=1S/C24H19NO/c1-15-11-16(2)13-17(12-15)25-21-14-23-24(19-8-4-3-7-18(19)21)20-9-5-6-10-22(20)26-23/h3-14,25H,1-2H3. The molecule has 126 valence electrons. The van der Waals surface area contributed by atoms with Gasteiger partial charge >= 0.3 is 0 Å². The summed E-state index contributed by atoms with van der Waals surface area (Å²) in [5, 5.41) is 8.36. The highest BCUT2D eigenvalue weighted by atomic mass is 16.3. The van der Waals surface area contributed by atoms with Crippen LogP contribution in [-0.4, -0.2) is 0 Å². The van der Waals surface area contributed by atoms with Crippen molar-refractivity contribution in [1.29, 1.82) is 0 Å². The van der Waals surface area contributed by atoms with Gasteiger partial charge in [0.25, 0.3) is 0 Å². The van der Waals surface area contributed by atoms with Crippen LogP contribution in [0.15, 0.2) is 77.2 Å². The summed E-state index contributed by atoms with van der Waals surface area (Å²) in [6.45, 7) is 4.25. The molecule has 0 unspecified atom stereocenters. The number of aryl methyl sites for hydroxylation is 2. The van der Waals surface area contributed by atoms with Crippen LogP contribution in [0.3, 0.4) is 0 Å². The van der Waals surface area contributed by atoms with Crippen LogP contribution in [0.2, 0.25) is 0 Å². The largest absolute Gasteiger partial charge is 0.456 e. The summed E-state index contributed by atoms with van der Waals surface area (Å²) in [6.07, 6.45) is 0. The van der Waals surface area contributed by atoms with E-state index in [0.29, 0.717) is 0 Å². The van der Waals surface area contributed by atoms with E-state index in [1.54, 1.807) is 0 Å². The Kier molecular flexibility index (Phi) is 3.26. The number of nitrogens with one attached hydrogen (secondary N) is 1. The molecule has 1 heterocycles. The molecule has 2 heteroatoms. The Hall–Kier alpha value is -3.26. The molecule has 5 rings (SSSR count). The van der Waals surface area contributed by atoms with Crippen molar-refractivity contribution in [1.82, 2.24) is 0 Å². The van der Waals surface area contributed by atoms with Crippen LogP contribution in [0.1, 0.15) is 11.1 Å². The number of para-hydroxylation sites is 1. The number of hydrogen-bond acceptors (Lipinski definition) is 2. The molecule has 26 heavy (non-hydrogen) atoms. The molecule has 1 N–H and O–H groups in total. The van der Waals surface area contributed by atoms with E-state index in [1.165, 1.54) is 27.3 Å². The Balaban J connectivity index is 1.80. The van der Waals surface area contributed by atoms with Crippen molar-refractivity contribution >= 4 is 44.1 Å². The van der Waals surface area contributed by atoms with Crippen LogP contribution in [-0.2, 0) is 0 Å². The highest BCUT2D eigenvalue weighted by Gasteiger charge is 2.13. The summed E-state index contributed by atoms with van der Waals surface area (Å²) in [4.78, 5) is 0. The first-order valence-corrected chi connectivity index (χ1v) is 8.87. The van der Waals surface area contributed by atoms with Gasteiger partial charge in [-0.15, -0.1) is 0 Å². The van der Waals surface area contributed by atoms with Crippen LogP contribution in [0.25, 0.3) is 32.7 Å². The quantitative estimate of drug-likeness (QED) is 0.371. The average Bonchev–Trinajstić information content (AvgIpc) is 2.99. The van der Waals surface area contributed by atoms with E-state index in [-0.39, 0.29) is 0 Å². The summed E-state index contributed by atoms with van der Waals surface area (Å²) in [5.41, 5.74) is 6.51. The van der Waals surface area contributed by atoms with Crippen molar-refractivity contribution in [2.45, 2.75) is 13.8 Å². The van der Waals surface area contributed by atoms with Crippen molar-refractivity contribution in [2.75, 3.05) is 5.32 Å². The number of furan rings is 1. The lowest BCUT2D eigenvalue weighted by atomic mass is 10.0. The lowest BCUT2D eigenvalue weighted by Crippen LogP contribution is -1.93. The van der Waals surface area contributed by atoms with Gasteiger partial charge in [-0.05, 0) is 48.6 Å². The molecule has 4 aromatic carbocycles. The molecule has 0 saturated heterocycles. The fourth-order valence-electron chi connectivity index (χ4n) is 3.89. The van der Waals surface area contributed by atoms with E-state index >= 15 is 0 Å². The summed E-state index contributed by atoms with van der Waals surface area (Å²) < 4.78 is 6.15. The minimum atomic E-state index is 0.914. The number of hydrogen-bond donors (Lipinski definition) is 1. The fraction of sp³-hybridized carbons (Fsp3) is 0.0833. The molecule has 5 aromatic rings. The van der Waals surface area contributed by atoms with E-state index in [1.807, 2.05) is 12.1 Å². The molecule has 2 nitrogen and oxygen atoms in total. The van der Waals surface area contributed by atoms with Gasteiger partial charge in [0, 0.05) is 27.9 Å². The fourth-order valence-corrected chi connectivity index (χ4v) is 3.89. The molecule has 0 aliphatic heterocycles. The third-order valence-electron chi connectivity index (χ3n) is 4.89. The average molecular weight is 337 g/mol. The van der Waals surface area contributed by atoms with Gasteiger partial charge in [0.1, 0.15) is 11.2 Å². The SMILES string of the molecule is Cc1cc(C)cc(Nc2cc3oc4ccccc4c3c3ccccc23)c1. The highest BCUT2D eigenvalue weighted by Crippen LogP contribution is 2.39. The van der Waals surface area contributed by atoms with Gasteiger partial charge in [0.2, 0.25) is 0 Å². The third-order valence-corrected chi connectivity index (χ3v) is 4.89. The molecular formula is C24H19NO. The van der Waals surface area contributed by atoms with Gasteiger partial charge in [0.05, 0.1) is 5.69 Å². The molecular weight excluding hydrogens is 318 g/mol. The van der Waals surface area contributed by atoms with Gasteiger partial charge in [-0.25, -0.2) is 0 Å². The van der Waals surface area contributed by atoms with E-state index in [9.17, 15) is 0 Å². The van der Waals surface area contributed by atoms with Crippen molar-refractivity contribution in [3.05, 3.63) is 83.9 Å². The van der Waals surface area contributed by atoms with Gasteiger partial charge in [-0.1, -0.05) is 48.5 Å². The molecule has 0 amide bonds. The highest BCUT2D eigenvalue weighted by molar-refractivity contribution is 6.21. The van der Waals surface area contributed by atoms with E-state index < -0.39 is 0 Å². The van der Waals surface area contributed by atoms with Crippen LogP contribution in [0, 0.1) is 13.8 Å². The van der Waals surface area contributed by atoms with Crippen LogP contribution in [0.4, 0.5) is 11.4 Å². The van der Waals surface area contributed by atoms with Gasteiger partial charge < -0.3 is 9.73 Å². The van der Waals surface area contributed by atoms with Crippen LogP contribution < -0.4 is 5.32 Å². The second-order valence-corrected chi connectivity index (χ2v) is 6.94. The molecule has 0 aliphatic rings. The maximum Gasteiger partial charge on any atom is 0.138 e. The summed E-state index contributed by atoms with van der Waals surface area (Å²) in [7, 11) is 0. The maximum absolute atomic E-state index is 6.15. The maximum atomic E-state index is 6.15. The Morgan fingerprint density at radius 1 is 0.654 bits per heavy atom. The number of anilines is 2. The zero-order valence-electron chi connectivity index (χ0n) is 14.8. The van der Waals surface area contributed by atoms with E-state index in [4.69, 9.17) is 4.42 Å². The van der Waals surface area contributed by atoms with Crippen LogP contribution in [0.5, 0.6) is 0 Å². The first-order chi connectivity index (χ1) is 12.7. The van der Waals surface area contributed by atoms with Gasteiger partial charge in [-0.3, -0.25) is 0 Å². The van der Waals surface area contributed by atoms with Crippen molar-refractivity contribution in [3.63, 3.8) is 0 Å². The topological polar surface area (TPSA) is 25.2 Å². The molecule has 0 spiro atoms. The molecule has 0 bridgehead atoms. The molecule has 1 aromatic heterocycles. The minimum absolute atomic E-state index is 0.914. The van der Waals surface area contributed by atoms with Crippen molar-refractivity contribution < 1.29 is 4.42 Å². The van der Waals surface area contributed by atoms with Gasteiger partial charge in [0.15, 0.2) is 0 Å². The van der Waals surface area contributed by atoms with Crippen molar-refractivity contribution in [3.8, 4) is 0 Å². The van der Waals surface area contributed by atoms with Crippen LogP contribution >= 0.6 is 0 Å². The zero-order chi connectivity index (χ0) is 17.7. The molecule has 0 fully saturated rings. The van der Waals surface area contributed by atoms with Gasteiger partial charge in [-0.2, -0.15) is 0 Å². The Morgan fingerprint density at radius 3 is 2.08 bits per heavy atom. The Morgan fingerprint density at radius 2 is 1.31 bits per heavy atom. The normalized spacial score (nSPS) is 11.5. The smallest absolute Gasteiger partial charge is 0.138 e.